The number of ether oxygens (including phenoxy) is 1. The van der Waals surface area contributed by atoms with Gasteiger partial charge in [-0.2, -0.15) is 13.2 Å². The fourth-order valence-corrected chi connectivity index (χ4v) is 5.15. The van der Waals surface area contributed by atoms with Gasteiger partial charge in [-0.1, -0.05) is 12.1 Å². The Balaban J connectivity index is 1.73. The maximum Gasteiger partial charge on any atom is 0.573 e. The largest absolute Gasteiger partial charge is 0.573 e. The standard InChI is InChI=1S/C21H16F6N4O5S/c22-20(23,24)8-17-29-30-18(35-17)12-3-6-16-15(7-12)31(19(32)14(28)10-37(16,33)34)9-11-1-4-13(5-2-11)36-21(25,26)27/h1-7,14H,8-10,28H2/t14-/m0/s1. The van der Waals surface area contributed by atoms with Crippen LogP contribution in [-0.2, 0) is 27.6 Å². The molecule has 198 valence electrons. The van der Waals surface area contributed by atoms with Gasteiger partial charge in [0.15, 0.2) is 9.84 Å². The number of carbonyl (C=O) groups excluding carboxylic acids is 1. The van der Waals surface area contributed by atoms with Crippen molar-refractivity contribution in [2.75, 3.05) is 10.7 Å². The fraction of sp³-hybridized carbons (Fsp3) is 0.286. The molecule has 3 aromatic rings. The molecule has 0 saturated carbocycles. The van der Waals surface area contributed by atoms with Gasteiger partial charge in [-0.3, -0.25) is 4.79 Å². The van der Waals surface area contributed by atoms with Crippen LogP contribution >= 0.6 is 0 Å². The van der Waals surface area contributed by atoms with Gasteiger partial charge in [0.05, 0.1) is 28.9 Å². The number of amides is 1. The van der Waals surface area contributed by atoms with Crippen LogP contribution in [-0.4, -0.2) is 48.9 Å². The van der Waals surface area contributed by atoms with Crippen molar-refractivity contribution in [3.05, 3.63) is 53.9 Å². The minimum Gasteiger partial charge on any atom is -0.420 e. The topological polar surface area (TPSA) is 129 Å². The van der Waals surface area contributed by atoms with Crippen molar-refractivity contribution in [1.29, 1.82) is 0 Å². The maximum absolute atomic E-state index is 13.0. The number of alkyl halides is 6. The van der Waals surface area contributed by atoms with E-state index >= 15 is 0 Å². The van der Waals surface area contributed by atoms with Crippen LogP contribution in [0.5, 0.6) is 5.75 Å². The van der Waals surface area contributed by atoms with Gasteiger partial charge in [0.1, 0.15) is 12.2 Å². The van der Waals surface area contributed by atoms with E-state index in [9.17, 15) is 39.6 Å². The number of anilines is 1. The molecule has 1 aliphatic heterocycles. The van der Waals surface area contributed by atoms with E-state index in [0.717, 1.165) is 23.1 Å². The highest BCUT2D eigenvalue weighted by Crippen LogP contribution is 2.35. The number of sulfone groups is 1. The van der Waals surface area contributed by atoms with Gasteiger partial charge in [-0.25, -0.2) is 8.42 Å². The lowest BCUT2D eigenvalue weighted by atomic mass is 10.1. The Kier molecular flexibility index (Phi) is 6.66. The second-order valence-electron chi connectivity index (χ2n) is 7.98. The van der Waals surface area contributed by atoms with Gasteiger partial charge in [0.2, 0.25) is 17.7 Å². The molecule has 9 nitrogen and oxygen atoms in total. The van der Waals surface area contributed by atoms with Gasteiger partial charge in [-0.15, -0.1) is 23.4 Å². The van der Waals surface area contributed by atoms with Crippen molar-refractivity contribution in [3.63, 3.8) is 0 Å². The molecule has 0 radical (unpaired) electrons. The van der Waals surface area contributed by atoms with Crippen molar-refractivity contribution in [2.45, 2.75) is 36.4 Å². The molecule has 0 spiro atoms. The molecule has 4 rings (SSSR count). The number of aromatic nitrogens is 2. The van der Waals surface area contributed by atoms with Gasteiger partial charge >= 0.3 is 12.5 Å². The van der Waals surface area contributed by atoms with E-state index in [1.54, 1.807) is 0 Å². The zero-order valence-corrected chi connectivity index (χ0v) is 19.2. The highest BCUT2D eigenvalue weighted by atomic mass is 32.2. The summed E-state index contributed by atoms with van der Waals surface area (Å²) >= 11 is 0. The van der Waals surface area contributed by atoms with Gasteiger partial charge < -0.3 is 19.8 Å². The third-order valence-electron chi connectivity index (χ3n) is 5.13. The molecule has 0 fully saturated rings. The van der Waals surface area contributed by atoms with Crippen LogP contribution in [0.3, 0.4) is 0 Å². The van der Waals surface area contributed by atoms with Crippen LogP contribution in [0.15, 0.2) is 51.8 Å². The average Bonchev–Trinajstić information content (AvgIpc) is 3.20. The van der Waals surface area contributed by atoms with Gasteiger partial charge in [-0.05, 0) is 35.9 Å². The summed E-state index contributed by atoms with van der Waals surface area (Å²) in [7, 11) is -4.08. The number of carbonyl (C=O) groups is 1. The number of benzene rings is 2. The summed E-state index contributed by atoms with van der Waals surface area (Å²) in [5, 5.41) is 6.90. The number of nitrogens with two attached hydrogens (primary N) is 1. The lowest BCUT2D eigenvalue weighted by Crippen LogP contribution is -2.45. The Morgan fingerprint density at radius 2 is 1.73 bits per heavy atom. The number of rotatable bonds is 5. The monoisotopic (exact) mass is 550 g/mol. The minimum absolute atomic E-state index is 0.0251. The summed E-state index contributed by atoms with van der Waals surface area (Å²) in [6, 6.07) is 6.58. The molecule has 0 unspecified atom stereocenters. The Morgan fingerprint density at radius 1 is 1.05 bits per heavy atom. The van der Waals surface area contributed by atoms with E-state index in [1.165, 1.54) is 24.3 Å². The molecule has 1 atom stereocenters. The predicted octanol–water partition coefficient (Wildman–Crippen LogP) is 3.39. The summed E-state index contributed by atoms with van der Waals surface area (Å²) in [4.78, 5) is 13.8. The number of halogens is 6. The van der Waals surface area contributed by atoms with E-state index in [-0.39, 0.29) is 28.6 Å². The smallest absolute Gasteiger partial charge is 0.420 e. The Morgan fingerprint density at radius 3 is 2.35 bits per heavy atom. The quantitative estimate of drug-likeness (QED) is 0.479. The van der Waals surface area contributed by atoms with Crippen LogP contribution < -0.4 is 15.4 Å². The molecule has 0 aliphatic carbocycles. The maximum atomic E-state index is 13.0. The van der Waals surface area contributed by atoms with Crippen LogP contribution in [0, 0.1) is 0 Å². The molecule has 2 heterocycles. The molecule has 2 aromatic carbocycles. The molecular weight excluding hydrogens is 534 g/mol. The number of hydrogen-bond donors (Lipinski definition) is 1. The van der Waals surface area contributed by atoms with E-state index in [0.29, 0.717) is 5.56 Å². The molecule has 16 heteroatoms. The van der Waals surface area contributed by atoms with Gasteiger partial charge in [0.25, 0.3) is 0 Å². The third kappa shape index (κ3) is 6.19. The Labute approximate surface area is 204 Å². The second-order valence-corrected chi connectivity index (χ2v) is 9.98. The molecule has 2 N–H and O–H groups in total. The molecular formula is C21H16F6N4O5S. The van der Waals surface area contributed by atoms with Crippen molar-refractivity contribution < 1.29 is 48.7 Å². The number of fused-ring (bicyclic) bond motifs is 1. The van der Waals surface area contributed by atoms with E-state index in [2.05, 4.69) is 14.9 Å². The van der Waals surface area contributed by atoms with Crippen molar-refractivity contribution in [3.8, 4) is 17.2 Å². The zero-order chi connectivity index (χ0) is 27.2. The number of nitrogens with zero attached hydrogens (tertiary/aromatic N) is 3. The highest BCUT2D eigenvalue weighted by molar-refractivity contribution is 7.91. The third-order valence-corrected chi connectivity index (χ3v) is 6.94. The first-order chi connectivity index (χ1) is 17.1. The van der Waals surface area contributed by atoms with Crippen LogP contribution in [0.2, 0.25) is 0 Å². The van der Waals surface area contributed by atoms with E-state index < -0.39 is 58.1 Å². The first-order valence-corrected chi connectivity index (χ1v) is 11.9. The normalized spacial score (nSPS) is 17.9. The van der Waals surface area contributed by atoms with Crippen molar-refractivity contribution in [2.24, 2.45) is 5.73 Å². The van der Waals surface area contributed by atoms with Crippen molar-refractivity contribution in [1.82, 2.24) is 10.2 Å². The first kappa shape index (κ1) is 26.4. The summed E-state index contributed by atoms with van der Waals surface area (Å²) < 4.78 is 110. The molecule has 0 saturated heterocycles. The molecule has 1 aliphatic rings. The molecule has 0 bridgehead atoms. The SMILES string of the molecule is N[C@H]1CS(=O)(=O)c2ccc(-c3nnc(CC(F)(F)F)o3)cc2N(Cc2ccc(OC(F)(F)F)cc2)C1=O. The van der Waals surface area contributed by atoms with E-state index in [4.69, 9.17) is 10.2 Å². The second kappa shape index (κ2) is 9.33. The fourth-order valence-electron chi connectivity index (χ4n) is 3.60. The first-order valence-electron chi connectivity index (χ1n) is 10.3. The molecule has 37 heavy (non-hydrogen) atoms. The van der Waals surface area contributed by atoms with Crippen LogP contribution in [0.1, 0.15) is 11.5 Å². The molecule has 1 amide bonds. The van der Waals surface area contributed by atoms with Crippen LogP contribution in [0.4, 0.5) is 32.0 Å². The number of hydrogen-bond acceptors (Lipinski definition) is 8. The minimum atomic E-state index is -4.91. The lowest BCUT2D eigenvalue weighted by Gasteiger charge is -2.24. The van der Waals surface area contributed by atoms with E-state index in [1.807, 2.05) is 0 Å². The Bertz CT molecular complexity index is 1420. The Hall–Kier alpha value is -3.66. The lowest BCUT2D eigenvalue weighted by molar-refractivity contribution is -0.274. The average molecular weight is 550 g/mol. The van der Waals surface area contributed by atoms with Crippen LogP contribution in [0.25, 0.3) is 11.5 Å². The summed E-state index contributed by atoms with van der Waals surface area (Å²) in [6.45, 7) is -0.298. The highest BCUT2D eigenvalue weighted by Gasteiger charge is 2.37. The van der Waals surface area contributed by atoms with Gasteiger partial charge in [0, 0.05) is 5.56 Å². The van der Waals surface area contributed by atoms with Crippen molar-refractivity contribution >= 4 is 21.4 Å². The summed E-state index contributed by atoms with van der Waals surface area (Å²) in [5.74, 6) is -3.11. The predicted molar refractivity (Wildman–Crippen MR) is 114 cm³/mol. The zero-order valence-electron chi connectivity index (χ0n) is 18.4. The molecule has 1 aromatic heterocycles. The summed E-state index contributed by atoms with van der Waals surface area (Å²) in [6.07, 6.45) is -11.0. The summed E-state index contributed by atoms with van der Waals surface area (Å²) in [5.41, 5.74) is 5.98.